The molecule has 0 aliphatic rings. The molecule has 0 radical (unpaired) electrons. The largest absolute Gasteiger partial charge is 0.462 e. The molecule has 6 nitrogen and oxygen atoms in total. The van der Waals surface area contributed by atoms with Gasteiger partial charge in [-0.25, -0.2) is 0 Å². The van der Waals surface area contributed by atoms with E-state index in [1.165, 1.54) is 109 Å². The lowest BCUT2D eigenvalue weighted by atomic mass is 10.0. The highest BCUT2D eigenvalue weighted by atomic mass is 16.6. The fourth-order valence-electron chi connectivity index (χ4n) is 7.20. The number of rotatable bonds is 47. The minimum Gasteiger partial charge on any atom is -0.462 e. The Bertz CT molecular complexity index is 1250. The first-order valence-corrected chi connectivity index (χ1v) is 26.6. The first-order chi connectivity index (χ1) is 31.5. The molecular formula is C58H98O6. The number of carbonyl (C=O) groups is 3. The molecule has 1 unspecified atom stereocenters. The Hall–Kier alpha value is -3.41. The number of hydrogen-bond acceptors (Lipinski definition) is 6. The van der Waals surface area contributed by atoms with Gasteiger partial charge < -0.3 is 14.2 Å². The highest BCUT2D eigenvalue weighted by Crippen LogP contribution is 2.15. The fraction of sp³-hybridized carbons (Fsp3) is 0.707. The van der Waals surface area contributed by atoms with Gasteiger partial charge in [0.2, 0.25) is 0 Å². The summed E-state index contributed by atoms with van der Waals surface area (Å²) in [6.45, 7) is 6.42. The van der Waals surface area contributed by atoms with Crippen LogP contribution in [-0.2, 0) is 28.6 Å². The van der Waals surface area contributed by atoms with Gasteiger partial charge in [-0.05, 0) is 77.0 Å². The van der Waals surface area contributed by atoms with E-state index >= 15 is 0 Å². The maximum absolute atomic E-state index is 12.8. The van der Waals surface area contributed by atoms with Crippen LogP contribution in [0.15, 0.2) is 85.1 Å². The van der Waals surface area contributed by atoms with Crippen LogP contribution in [-0.4, -0.2) is 37.2 Å². The molecule has 64 heavy (non-hydrogen) atoms. The molecule has 0 saturated heterocycles. The van der Waals surface area contributed by atoms with Crippen LogP contribution in [0.4, 0.5) is 0 Å². The van der Waals surface area contributed by atoms with Gasteiger partial charge in [-0.1, -0.05) is 234 Å². The monoisotopic (exact) mass is 891 g/mol. The zero-order chi connectivity index (χ0) is 46.5. The molecule has 0 saturated carbocycles. The molecule has 366 valence electrons. The summed E-state index contributed by atoms with van der Waals surface area (Å²) < 4.78 is 16.8. The van der Waals surface area contributed by atoms with Crippen molar-refractivity contribution >= 4 is 17.9 Å². The third-order valence-corrected chi connectivity index (χ3v) is 11.2. The lowest BCUT2D eigenvalue weighted by Gasteiger charge is -2.18. The van der Waals surface area contributed by atoms with Gasteiger partial charge in [0.05, 0.1) is 0 Å². The van der Waals surface area contributed by atoms with Crippen LogP contribution >= 0.6 is 0 Å². The minimum atomic E-state index is -0.805. The smallest absolute Gasteiger partial charge is 0.306 e. The zero-order valence-electron chi connectivity index (χ0n) is 41.8. The van der Waals surface area contributed by atoms with Crippen LogP contribution in [0.3, 0.4) is 0 Å². The van der Waals surface area contributed by atoms with Gasteiger partial charge in [0.15, 0.2) is 6.10 Å². The molecule has 1 atom stereocenters. The molecule has 0 aliphatic heterocycles. The van der Waals surface area contributed by atoms with Crippen LogP contribution in [0.2, 0.25) is 0 Å². The lowest BCUT2D eigenvalue weighted by Crippen LogP contribution is -2.30. The summed E-state index contributed by atoms with van der Waals surface area (Å²) in [5.74, 6) is -0.976. The van der Waals surface area contributed by atoms with Crippen molar-refractivity contribution in [1.82, 2.24) is 0 Å². The Kier molecular flexibility index (Phi) is 49.4. The van der Waals surface area contributed by atoms with Crippen molar-refractivity contribution in [3.8, 4) is 0 Å². The predicted molar refractivity (Wildman–Crippen MR) is 274 cm³/mol. The van der Waals surface area contributed by atoms with E-state index in [0.29, 0.717) is 19.3 Å². The van der Waals surface area contributed by atoms with E-state index in [9.17, 15) is 14.4 Å². The highest BCUT2D eigenvalue weighted by molar-refractivity contribution is 5.71. The van der Waals surface area contributed by atoms with Gasteiger partial charge in [-0.15, -0.1) is 0 Å². The van der Waals surface area contributed by atoms with Crippen molar-refractivity contribution in [2.45, 2.75) is 252 Å². The van der Waals surface area contributed by atoms with Crippen LogP contribution in [0, 0.1) is 0 Å². The Morgan fingerprint density at radius 2 is 0.688 bits per heavy atom. The van der Waals surface area contributed by atoms with E-state index in [1.807, 2.05) is 0 Å². The van der Waals surface area contributed by atoms with E-state index in [-0.39, 0.29) is 37.5 Å². The third-order valence-electron chi connectivity index (χ3n) is 11.2. The summed E-state index contributed by atoms with van der Waals surface area (Å²) in [5.41, 5.74) is 0. The van der Waals surface area contributed by atoms with Crippen LogP contribution in [0.25, 0.3) is 0 Å². The molecule has 0 aromatic heterocycles. The Labute approximate surface area is 395 Å². The van der Waals surface area contributed by atoms with Gasteiger partial charge in [-0.3, -0.25) is 14.4 Å². The summed E-state index contributed by atoms with van der Waals surface area (Å²) in [5, 5.41) is 0. The van der Waals surface area contributed by atoms with E-state index in [4.69, 9.17) is 14.2 Å². The van der Waals surface area contributed by atoms with Crippen molar-refractivity contribution < 1.29 is 28.6 Å². The van der Waals surface area contributed by atoms with Crippen molar-refractivity contribution in [3.63, 3.8) is 0 Å². The molecule has 0 heterocycles. The number of unbranched alkanes of at least 4 members (excludes halogenated alkanes) is 24. The molecule has 0 N–H and O–H groups in total. The molecule has 0 aromatic carbocycles. The standard InChI is InChI=1S/C58H98O6/c1-4-7-10-13-16-19-22-25-27-29-31-33-36-39-42-45-48-51-57(60)63-54-55(53-62-56(59)50-47-44-41-38-35-32-24-21-18-15-12-9-6-3)64-58(61)52-49-46-43-40-37-34-30-28-26-23-20-17-14-11-8-5-2/h9,12,15-16,18-19,21,24-25,27,31,33,39,42,55H,4-8,10-11,13-14,17,20,22-23,26,28-30,32,34-38,40-41,43-54H2,1-3H3/b12-9+,18-15+,19-16+,24-21+,27-25+,33-31+,42-39+. The quantitative estimate of drug-likeness (QED) is 0.0199. The summed E-state index contributed by atoms with van der Waals surface area (Å²) in [7, 11) is 0. The van der Waals surface area contributed by atoms with Crippen molar-refractivity contribution in [2.75, 3.05) is 13.2 Å². The Balaban J connectivity index is 4.48. The molecule has 0 rings (SSSR count). The van der Waals surface area contributed by atoms with Gasteiger partial charge in [-0.2, -0.15) is 0 Å². The van der Waals surface area contributed by atoms with Gasteiger partial charge in [0, 0.05) is 19.3 Å². The van der Waals surface area contributed by atoms with Gasteiger partial charge in [0.25, 0.3) is 0 Å². The van der Waals surface area contributed by atoms with Crippen molar-refractivity contribution in [2.24, 2.45) is 0 Å². The van der Waals surface area contributed by atoms with Crippen LogP contribution < -0.4 is 0 Å². The average Bonchev–Trinajstić information content (AvgIpc) is 3.29. The Morgan fingerprint density at radius 3 is 1.17 bits per heavy atom. The number of esters is 3. The van der Waals surface area contributed by atoms with Gasteiger partial charge in [0.1, 0.15) is 13.2 Å². The zero-order valence-corrected chi connectivity index (χ0v) is 41.8. The average molecular weight is 891 g/mol. The molecular weight excluding hydrogens is 793 g/mol. The minimum absolute atomic E-state index is 0.103. The number of hydrogen-bond donors (Lipinski definition) is 0. The number of ether oxygens (including phenoxy) is 3. The molecule has 0 aromatic rings. The van der Waals surface area contributed by atoms with E-state index in [1.54, 1.807) is 0 Å². The first kappa shape index (κ1) is 60.6. The summed E-state index contributed by atoms with van der Waals surface area (Å²) in [4.78, 5) is 38.0. The van der Waals surface area contributed by atoms with Crippen LogP contribution in [0.5, 0.6) is 0 Å². The maximum Gasteiger partial charge on any atom is 0.306 e. The summed E-state index contributed by atoms with van der Waals surface area (Å²) in [6.07, 6.45) is 67.1. The van der Waals surface area contributed by atoms with E-state index < -0.39 is 6.10 Å². The Morgan fingerprint density at radius 1 is 0.344 bits per heavy atom. The second-order valence-electron chi connectivity index (χ2n) is 17.5. The van der Waals surface area contributed by atoms with E-state index in [2.05, 4.69) is 106 Å². The number of allylic oxidation sites excluding steroid dienone is 14. The SMILES string of the molecule is CC/C=C/C=C/C=C/CCCCCCCC(=O)OCC(COC(=O)CCC/C=C/C/C=C/C/C=C/C/C=C/CCCCC)OC(=O)CCCCCCCCCCCCCCCCCC. The highest BCUT2D eigenvalue weighted by Gasteiger charge is 2.19. The van der Waals surface area contributed by atoms with Crippen LogP contribution in [0.1, 0.15) is 245 Å². The van der Waals surface area contributed by atoms with E-state index in [0.717, 1.165) is 89.9 Å². The second-order valence-corrected chi connectivity index (χ2v) is 17.5. The fourth-order valence-corrected chi connectivity index (χ4v) is 7.20. The second kappa shape index (κ2) is 52.2. The molecule has 6 heteroatoms. The molecule has 0 bridgehead atoms. The number of carbonyl (C=O) groups excluding carboxylic acids is 3. The van der Waals surface area contributed by atoms with Crippen molar-refractivity contribution in [1.29, 1.82) is 0 Å². The maximum atomic E-state index is 12.8. The third kappa shape index (κ3) is 49.6. The molecule has 0 amide bonds. The first-order valence-electron chi connectivity index (χ1n) is 26.6. The molecule has 0 aliphatic carbocycles. The van der Waals surface area contributed by atoms with Crippen molar-refractivity contribution in [3.05, 3.63) is 85.1 Å². The molecule has 0 spiro atoms. The molecule has 0 fully saturated rings. The predicted octanol–water partition coefficient (Wildman–Crippen LogP) is 17.6. The normalized spacial score (nSPS) is 12.7. The lowest BCUT2D eigenvalue weighted by molar-refractivity contribution is -0.167. The summed E-state index contributed by atoms with van der Waals surface area (Å²) >= 11 is 0. The van der Waals surface area contributed by atoms with Gasteiger partial charge >= 0.3 is 17.9 Å². The topological polar surface area (TPSA) is 78.9 Å². The summed E-state index contributed by atoms with van der Waals surface area (Å²) in [6, 6.07) is 0.